The van der Waals surface area contributed by atoms with Gasteiger partial charge in [0.25, 0.3) is 0 Å². The van der Waals surface area contributed by atoms with Crippen molar-refractivity contribution in [2.75, 3.05) is 0 Å². The van der Waals surface area contributed by atoms with Gasteiger partial charge in [0, 0.05) is 0 Å². The molecule has 0 radical (unpaired) electrons. The van der Waals surface area contributed by atoms with E-state index in [9.17, 15) is 0 Å². The molecule has 33 valence electrons. The van der Waals surface area contributed by atoms with E-state index in [1.54, 1.807) is 21.0 Å². The average molecular weight is 335 g/mol. The third kappa shape index (κ3) is 11.8. The van der Waals surface area contributed by atoms with Gasteiger partial charge < -0.3 is 0 Å². The molecule has 0 fully saturated rings. The van der Waals surface area contributed by atoms with Crippen LogP contribution in [0.25, 0.3) is 0 Å². The molecular formula is AgO2Pt. The predicted octanol–water partition coefficient (Wildman–Crippen LogP) is -0.243. The zero-order chi connectivity index (χ0) is 4.00. The molecule has 0 saturated heterocycles. The van der Waals surface area contributed by atoms with E-state index in [1.807, 2.05) is 0 Å². The van der Waals surface area contributed by atoms with Crippen LogP contribution in [0.3, 0.4) is 0 Å². The Hall–Kier alpha value is 1.03. The van der Waals surface area contributed by atoms with E-state index in [0.29, 0.717) is 0 Å². The molecule has 2 nitrogen and oxygen atoms in total. The molecule has 0 aromatic rings. The van der Waals surface area contributed by atoms with Crippen molar-refractivity contribution in [3.63, 3.8) is 0 Å². The Morgan fingerprint density at radius 3 is 1.25 bits per heavy atom. The van der Waals surface area contributed by atoms with Crippen molar-refractivity contribution >= 4 is 0 Å². The molecule has 0 saturated carbocycles. The van der Waals surface area contributed by atoms with Crippen LogP contribution < -0.4 is 0 Å². The molecule has 0 N–H and O–H groups in total. The predicted molar refractivity (Wildman–Crippen MR) is 1.37 cm³/mol. The molecular weight excluding hydrogens is 335 g/mol. The zero-order valence-electron chi connectivity index (χ0n) is 1.43. The summed E-state index contributed by atoms with van der Waals surface area (Å²) in [4.78, 5) is 0. The van der Waals surface area contributed by atoms with Gasteiger partial charge in [0.15, 0.2) is 0 Å². The van der Waals surface area contributed by atoms with Crippen LogP contribution in [0.1, 0.15) is 0 Å². The Morgan fingerprint density at radius 2 is 1.25 bits per heavy atom. The molecule has 4 heteroatoms. The summed E-state index contributed by atoms with van der Waals surface area (Å²) in [5.74, 6) is 0. The quantitative estimate of drug-likeness (QED) is 0.573. The van der Waals surface area contributed by atoms with Gasteiger partial charge in [0.1, 0.15) is 0 Å². The van der Waals surface area contributed by atoms with Crippen LogP contribution in [0, 0.1) is 0 Å². The molecule has 0 bridgehead atoms. The van der Waals surface area contributed by atoms with Gasteiger partial charge in [0.05, 0.1) is 0 Å². The molecule has 0 aromatic carbocycles. The van der Waals surface area contributed by atoms with E-state index in [4.69, 9.17) is 6.65 Å². The molecule has 0 atom stereocenters. The number of hydrogen-bond donors (Lipinski definition) is 0. The van der Waals surface area contributed by atoms with Crippen LogP contribution in [0.4, 0.5) is 0 Å². The number of hydrogen-bond acceptors (Lipinski definition) is 2. The van der Waals surface area contributed by atoms with E-state index in [2.05, 4.69) is 0 Å². The van der Waals surface area contributed by atoms with Gasteiger partial charge in [0.2, 0.25) is 0 Å². The molecule has 0 aliphatic carbocycles. The molecule has 0 unspecified atom stereocenters. The van der Waals surface area contributed by atoms with Crippen LogP contribution in [0.15, 0.2) is 0 Å². The van der Waals surface area contributed by atoms with Crippen LogP contribution >= 0.6 is 0 Å². The van der Waals surface area contributed by atoms with Crippen LogP contribution in [-0.2, 0) is 47.5 Å². The second-order valence-electron chi connectivity index (χ2n) is 0. The zero-order valence-corrected chi connectivity index (χ0v) is 5.19. The Kier molecular flexibility index (Phi) is 77.7. The third-order valence-electron chi connectivity index (χ3n) is 0. The fourth-order valence-electron chi connectivity index (χ4n) is 0. The maximum atomic E-state index is 8.22. The average Bonchev–Trinajstić information content (AvgIpc) is 1.50. The second-order valence-corrected chi connectivity index (χ2v) is 0. The molecule has 0 aromatic heterocycles. The van der Waals surface area contributed by atoms with Gasteiger partial charge in [-0.1, -0.05) is 0 Å². The molecule has 0 aliphatic rings. The Morgan fingerprint density at radius 1 is 1.25 bits per heavy atom. The van der Waals surface area contributed by atoms with Gasteiger partial charge in [-0.25, -0.2) is 0 Å². The van der Waals surface area contributed by atoms with Gasteiger partial charge in [-0.05, 0) is 0 Å². The van der Waals surface area contributed by atoms with Crippen molar-refractivity contribution in [1.29, 1.82) is 0 Å². The fraction of sp³-hybridized carbons (Fsp3) is 0. The summed E-state index contributed by atoms with van der Waals surface area (Å²) in [6.45, 7) is 0. The maximum absolute atomic E-state index is 8.22. The minimum atomic E-state index is 0.889. The van der Waals surface area contributed by atoms with Crippen molar-refractivity contribution in [2.45, 2.75) is 0 Å². The Bertz CT molecular complexity index is 8.00. The summed E-state index contributed by atoms with van der Waals surface area (Å²) in [6.07, 6.45) is 0. The molecule has 0 amide bonds. The second kappa shape index (κ2) is 34.9. The fourth-order valence-corrected chi connectivity index (χ4v) is 0. The van der Waals surface area contributed by atoms with Crippen LogP contribution in [-0.4, -0.2) is 0 Å². The Labute approximate surface area is 47.4 Å². The summed E-state index contributed by atoms with van der Waals surface area (Å²) >= 11 is 2.59. The summed E-state index contributed by atoms with van der Waals surface area (Å²) < 4.78 is 16.3. The van der Waals surface area contributed by atoms with Crippen molar-refractivity contribution in [2.24, 2.45) is 0 Å². The van der Waals surface area contributed by atoms with Gasteiger partial charge in [-0.2, -0.15) is 0 Å². The monoisotopic (exact) mass is 334 g/mol. The van der Waals surface area contributed by atoms with E-state index in [-0.39, 0.29) is 0 Å². The SMILES string of the molecule is [O]=[Ag].[O]=[Pt]. The molecule has 0 heterocycles. The third-order valence-corrected chi connectivity index (χ3v) is 0. The van der Waals surface area contributed by atoms with Gasteiger partial charge >= 0.3 is 47.5 Å². The van der Waals surface area contributed by atoms with E-state index in [1.165, 1.54) is 0 Å². The first-order valence-electron chi connectivity index (χ1n) is 0.252. The number of rotatable bonds is 0. The first-order valence-corrected chi connectivity index (χ1v) is 1.78. The van der Waals surface area contributed by atoms with Gasteiger partial charge in [-0.15, -0.1) is 0 Å². The standard InChI is InChI=1S/Ag.2O.Pt. The normalized spacial score (nSPS) is 3.00. The van der Waals surface area contributed by atoms with Crippen molar-refractivity contribution < 1.29 is 47.5 Å². The van der Waals surface area contributed by atoms with Crippen LogP contribution in [0.2, 0.25) is 0 Å². The summed E-state index contributed by atoms with van der Waals surface area (Å²) in [5, 5.41) is 0. The molecule has 0 rings (SSSR count). The Balaban J connectivity index is 0. The van der Waals surface area contributed by atoms with E-state index < -0.39 is 0 Å². The van der Waals surface area contributed by atoms with Crippen molar-refractivity contribution in [3.05, 3.63) is 0 Å². The first kappa shape index (κ1) is 8.90. The summed E-state index contributed by atoms with van der Waals surface area (Å²) in [6, 6.07) is 0. The minimum absolute atomic E-state index is 0.889. The summed E-state index contributed by atoms with van der Waals surface area (Å²) in [5.41, 5.74) is 0. The molecule has 4 heavy (non-hydrogen) atoms. The molecule has 0 spiro atoms. The van der Waals surface area contributed by atoms with Crippen molar-refractivity contribution in [1.82, 2.24) is 0 Å². The van der Waals surface area contributed by atoms with E-state index in [0.717, 1.165) is 19.8 Å². The summed E-state index contributed by atoms with van der Waals surface area (Å²) in [7, 11) is 0. The molecule has 0 aliphatic heterocycles. The van der Waals surface area contributed by atoms with Gasteiger partial charge in [-0.3, -0.25) is 0 Å². The topological polar surface area (TPSA) is 34.1 Å². The first-order chi connectivity index (χ1) is 2.00. The van der Waals surface area contributed by atoms with Crippen molar-refractivity contribution in [3.8, 4) is 0 Å². The van der Waals surface area contributed by atoms with Crippen LogP contribution in [0.5, 0.6) is 0 Å². The van der Waals surface area contributed by atoms with E-state index >= 15 is 0 Å².